The van der Waals surface area contributed by atoms with Crippen LogP contribution in [-0.4, -0.2) is 5.91 Å². The molecule has 0 spiro atoms. The second-order valence-electron chi connectivity index (χ2n) is 5.42. The average molecular weight is 267 g/mol. The Balaban J connectivity index is 2.69. The Kier molecular flexibility index (Phi) is 3.16. The van der Waals surface area contributed by atoms with Gasteiger partial charge in [0.2, 0.25) is 5.91 Å². The van der Waals surface area contributed by atoms with Crippen LogP contribution in [0.5, 0.6) is 0 Å². The minimum Gasteiger partial charge on any atom is -0.325 e. The molecule has 0 aromatic heterocycles. The van der Waals surface area contributed by atoms with E-state index in [0.29, 0.717) is 5.02 Å². The molecule has 2 rings (SSSR count). The molecule has 3 nitrogen and oxygen atoms in total. The highest BCUT2D eigenvalue weighted by atomic mass is 35.5. The van der Waals surface area contributed by atoms with E-state index in [-0.39, 0.29) is 11.9 Å². The Labute approximate surface area is 113 Å². The van der Waals surface area contributed by atoms with E-state index in [0.717, 1.165) is 28.8 Å². The molecule has 1 aromatic carbocycles. The van der Waals surface area contributed by atoms with Crippen LogP contribution in [0.4, 0.5) is 5.69 Å². The van der Waals surface area contributed by atoms with Gasteiger partial charge in [-0.25, -0.2) is 0 Å². The standard InChI is InChI=1S/C14H19ClN2O/c1-5-10(16)8-6-9-12(7(2)11(8)15)17-13(18)14(9,3)4/h6,10H,5,16H2,1-4H3,(H,17,18). The van der Waals surface area contributed by atoms with Crippen LogP contribution < -0.4 is 11.1 Å². The van der Waals surface area contributed by atoms with Crippen LogP contribution in [0.25, 0.3) is 0 Å². The van der Waals surface area contributed by atoms with Gasteiger partial charge in [0, 0.05) is 11.7 Å². The van der Waals surface area contributed by atoms with Crippen molar-refractivity contribution in [1.82, 2.24) is 0 Å². The van der Waals surface area contributed by atoms with E-state index in [2.05, 4.69) is 5.32 Å². The molecule has 98 valence electrons. The highest BCUT2D eigenvalue weighted by Gasteiger charge is 2.40. The number of anilines is 1. The van der Waals surface area contributed by atoms with Crippen LogP contribution in [0.2, 0.25) is 5.02 Å². The Morgan fingerprint density at radius 3 is 2.67 bits per heavy atom. The van der Waals surface area contributed by atoms with Gasteiger partial charge in [-0.1, -0.05) is 18.5 Å². The van der Waals surface area contributed by atoms with Gasteiger partial charge in [-0.3, -0.25) is 4.79 Å². The van der Waals surface area contributed by atoms with Crippen LogP contribution in [0, 0.1) is 6.92 Å². The van der Waals surface area contributed by atoms with Crippen LogP contribution in [0.15, 0.2) is 6.07 Å². The summed E-state index contributed by atoms with van der Waals surface area (Å²) < 4.78 is 0. The summed E-state index contributed by atoms with van der Waals surface area (Å²) in [5, 5.41) is 3.58. The van der Waals surface area contributed by atoms with Crippen molar-refractivity contribution in [2.24, 2.45) is 5.73 Å². The third-order valence-corrected chi connectivity index (χ3v) is 4.35. The maximum absolute atomic E-state index is 12.0. The number of benzene rings is 1. The monoisotopic (exact) mass is 266 g/mol. The molecule has 1 heterocycles. The Morgan fingerprint density at radius 1 is 1.50 bits per heavy atom. The van der Waals surface area contributed by atoms with Gasteiger partial charge in [0.05, 0.1) is 10.4 Å². The zero-order valence-electron chi connectivity index (χ0n) is 11.2. The minimum atomic E-state index is -0.521. The lowest BCUT2D eigenvalue weighted by molar-refractivity contribution is -0.119. The minimum absolute atomic E-state index is 0.0129. The van der Waals surface area contributed by atoms with E-state index in [1.807, 2.05) is 33.8 Å². The molecule has 18 heavy (non-hydrogen) atoms. The van der Waals surface area contributed by atoms with Crippen molar-refractivity contribution < 1.29 is 4.79 Å². The predicted octanol–water partition coefficient (Wildman–Crippen LogP) is 3.29. The van der Waals surface area contributed by atoms with Gasteiger partial charge in [0.1, 0.15) is 0 Å². The van der Waals surface area contributed by atoms with Gasteiger partial charge in [0.25, 0.3) is 0 Å². The SMILES string of the molecule is CCC(N)c1cc2c(c(C)c1Cl)NC(=O)C2(C)C. The maximum Gasteiger partial charge on any atom is 0.234 e. The molecule has 0 saturated heterocycles. The number of carbonyl (C=O) groups is 1. The molecule has 1 aliphatic rings. The molecule has 0 fully saturated rings. The average Bonchev–Trinajstić information content (AvgIpc) is 2.55. The third kappa shape index (κ3) is 1.73. The maximum atomic E-state index is 12.0. The quantitative estimate of drug-likeness (QED) is 0.863. The molecule has 0 aliphatic carbocycles. The van der Waals surface area contributed by atoms with E-state index < -0.39 is 5.41 Å². The number of nitrogens with two attached hydrogens (primary N) is 1. The first-order chi connectivity index (χ1) is 8.30. The van der Waals surface area contributed by atoms with Gasteiger partial charge in [0.15, 0.2) is 0 Å². The fourth-order valence-corrected chi connectivity index (χ4v) is 2.64. The van der Waals surface area contributed by atoms with Crippen LogP contribution >= 0.6 is 11.6 Å². The van der Waals surface area contributed by atoms with Crippen molar-refractivity contribution in [3.8, 4) is 0 Å². The normalized spacial score (nSPS) is 18.4. The number of hydrogen-bond donors (Lipinski definition) is 2. The number of fused-ring (bicyclic) bond motifs is 1. The van der Waals surface area contributed by atoms with Crippen molar-refractivity contribution >= 4 is 23.2 Å². The summed E-state index contributed by atoms with van der Waals surface area (Å²) in [6.45, 7) is 7.79. The lowest BCUT2D eigenvalue weighted by Gasteiger charge is -2.20. The summed E-state index contributed by atoms with van der Waals surface area (Å²) in [5.41, 5.74) is 9.25. The van der Waals surface area contributed by atoms with Crippen molar-refractivity contribution in [2.45, 2.75) is 45.6 Å². The van der Waals surface area contributed by atoms with Crippen molar-refractivity contribution in [2.75, 3.05) is 5.32 Å². The van der Waals surface area contributed by atoms with E-state index in [9.17, 15) is 4.79 Å². The molecule has 1 atom stereocenters. The molecule has 1 aliphatic heterocycles. The molecule has 4 heteroatoms. The second kappa shape index (κ2) is 4.25. The number of carbonyl (C=O) groups excluding carboxylic acids is 1. The number of amides is 1. The zero-order valence-corrected chi connectivity index (χ0v) is 12.0. The summed E-state index contributed by atoms with van der Waals surface area (Å²) in [6, 6.07) is 1.89. The molecular weight excluding hydrogens is 248 g/mol. The molecule has 1 unspecified atom stereocenters. The molecule has 1 aromatic rings. The first kappa shape index (κ1) is 13.4. The Bertz CT molecular complexity index is 523. The lowest BCUT2D eigenvalue weighted by atomic mass is 9.83. The predicted molar refractivity (Wildman–Crippen MR) is 75.1 cm³/mol. The number of rotatable bonds is 2. The van der Waals surface area contributed by atoms with Crippen molar-refractivity contribution in [3.05, 3.63) is 27.8 Å². The second-order valence-corrected chi connectivity index (χ2v) is 5.80. The van der Waals surface area contributed by atoms with Crippen molar-refractivity contribution in [3.63, 3.8) is 0 Å². The smallest absolute Gasteiger partial charge is 0.234 e. The number of hydrogen-bond acceptors (Lipinski definition) is 2. The van der Waals surface area contributed by atoms with Crippen LogP contribution in [0.1, 0.15) is 49.9 Å². The van der Waals surface area contributed by atoms with E-state index in [1.165, 1.54) is 0 Å². The fraction of sp³-hybridized carbons (Fsp3) is 0.500. The summed E-state index contributed by atoms with van der Waals surface area (Å²) in [5.74, 6) is 0.0129. The van der Waals surface area contributed by atoms with E-state index in [1.54, 1.807) is 0 Å². The highest BCUT2D eigenvalue weighted by molar-refractivity contribution is 6.33. The largest absolute Gasteiger partial charge is 0.325 e. The van der Waals surface area contributed by atoms with Crippen molar-refractivity contribution in [1.29, 1.82) is 0 Å². The Hall–Kier alpha value is -1.06. The van der Waals surface area contributed by atoms with E-state index >= 15 is 0 Å². The topological polar surface area (TPSA) is 55.1 Å². The van der Waals surface area contributed by atoms with Gasteiger partial charge in [-0.05, 0) is 49.9 Å². The first-order valence-electron chi connectivity index (χ1n) is 6.21. The molecule has 0 radical (unpaired) electrons. The number of nitrogens with one attached hydrogen (secondary N) is 1. The Morgan fingerprint density at radius 2 is 2.11 bits per heavy atom. The van der Waals surface area contributed by atoms with Gasteiger partial charge in [-0.15, -0.1) is 0 Å². The summed E-state index contributed by atoms with van der Waals surface area (Å²) in [6.07, 6.45) is 0.819. The first-order valence-corrected chi connectivity index (χ1v) is 6.59. The summed E-state index contributed by atoms with van der Waals surface area (Å²) >= 11 is 6.36. The van der Waals surface area contributed by atoms with Gasteiger partial charge < -0.3 is 11.1 Å². The molecule has 0 saturated carbocycles. The molecular formula is C14H19ClN2O. The van der Waals surface area contributed by atoms with Gasteiger partial charge in [-0.2, -0.15) is 0 Å². The lowest BCUT2D eigenvalue weighted by Crippen LogP contribution is -2.27. The zero-order chi connectivity index (χ0) is 13.7. The molecule has 1 amide bonds. The van der Waals surface area contributed by atoms with Crippen LogP contribution in [-0.2, 0) is 10.2 Å². The van der Waals surface area contributed by atoms with E-state index in [4.69, 9.17) is 17.3 Å². The molecule has 0 bridgehead atoms. The number of halogens is 1. The van der Waals surface area contributed by atoms with Gasteiger partial charge >= 0.3 is 0 Å². The highest BCUT2D eigenvalue weighted by Crippen LogP contribution is 2.44. The summed E-state index contributed by atoms with van der Waals surface area (Å²) in [7, 11) is 0. The third-order valence-electron chi connectivity index (χ3n) is 3.85. The molecule has 3 N–H and O–H groups in total. The fourth-order valence-electron chi connectivity index (χ4n) is 2.36. The summed E-state index contributed by atoms with van der Waals surface area (Å²) in [4.78, 5) is 12.0. The van der Waals surface area contributed by atoms with Crippen LogP contribution in [0.3, 0.4) is 0 Å².